The van der Waals surface area contributed by atoms with Crippen molar-refractivity contribution in [3.8, 4) is 0 Å². The van der Waals surface area contributed by atoms with E-state index in [4.69, 9.17) is 12.2 Å². The summed E-state index contributed by atoms with van der Waals surface area (Å²) in [7, 11) is 3.85. The minimum atomic E-state index is 0.167. The summed E-state index contributed by atoms with van der Waals surface area (Å²) in [5, 5.41) is 0.167. The summed E-state index contributed by atoms with van der Waals surface area (Å²) < 4.78 is 0.831. The number of thioether (sulfide) groups is 1. The Morgan fingerprint density at radius 2 is 2.29 bits per heavy atom. The van der Waals surface area contributed by atoms with Crippen LogP contribution in [0.2, 0.25) is 0 Å². The van der Waals surface area contributed by atoms with Crippen LogP contribution >= 0.6 is 24.0 Å². The van der Waals surface area contributed by atoms with Crippen LogP contribution < -0.4 is 0 Å². The molecule has 3 nitrogen and oxygen atoms in total. The minimum Gasteiger partial charge on any atom is -0.364 e. The Labute approximate surface area is 94.8 Å². The standard InChI is InChI=1S/C9H16N2OS2/c1-7(14-9(13)10(2)3)11-6-4-5-8(11)12/h7H,4-6H2,1-3H3/t7-/m1/s1. The van der Waals surface area contributed by atoms with E-state index in [0.29, 0.717) is 6.42 Å². The molecule has 0 aromatic heterocycles. The van der Waals surface area contributed by atoms with Gasteiger partial charge in [-0.1, -0.05) is 24.0 Å². The Morgan fingerprint density at radius 1 is 1.64 bits per heavy atom. The topological polar surface area (TPSA) is 23.6 Å². The summed E-state index contributed by atoms with van der Waals surface area (Å²) in [5.41, 5.74) is 0. The average Bonchev–Trinajstić information content (AvgIpc) is 2.51. The molecule has 1 aliphatic rings. The van der Waals surface area contributed by atoms with Gasteiger partial charge in [0.2, 0.25) is 5.91 Å². The lowest BCUT2D eigenvalue weighted by Crippen LogP contribution is -2.33. The lowest BCUT2D eigenvalue weighted by Gasteiger charge is -2.25. The molecule has 0 aromatic carbocycles. The van der Waals surface area contributed by atoms with Crippen molar-refractivity contribution in [1.29, 1.82) is 0 Å². The molecule has 0 bridgehead atoms. The fourth-order valence-corrected chi connectivity index (χ4v) is 2.64. The lowest BCUT2D eigenvalue weighted by molar-refractivity contribution is -0.128. The van der Waals surface area contributed by atoms with Crippen LogP contribution in [0.15, 0.2) is 0 Å². The predicted molar refractivity (Wildman–Crippen MR) is 64.3 cm³/mol. The summed E-state index contributed by atoms with van der Waals surface area (Å²) in [6, 6.07) is 0. The molecule has 1 atom stereocenters. The summed E-state index contributed by atoms with van der Waals surface area (Å²) >= 11 is 6.75. The normalized spacial score (nSPS) is 18.5. The lowest BCUT2D eigenvalue weighted by atomic mass is 10.4. The molecule has 14 heavy (non-hydrogen) atoms. The molecule has 80 valence electrons. The maximum atomic E-state index is 11.4. The summed E-state index contributed by atoms with van der Waals surface area (Å²) in [6.07, 6.45) is 1.68. The maximum absolute atomic E-state index is 11.4. The average molecular weight is 232 g/mol. The van der Waals surface area contributed by atoms with Gasteiger partial charge in [-0.3, -0.25) is 4.79 Å². The minimum absolute atomic E-state index is 0.167. The summed E-state index contributed by atoms with van der Waals surface area (Å²) in [5.74, 6) is 0.256. The number of hydrogen-bond donors (Lipinski definition) is 0. The highest BCUT2D eigenvalue weighted by Gasteiger charge is 2.26. The first-order valence-corrected chi connectivity index (χ1v) is 5.98. The zero-order valence-corrected chi connectivity index (χ0v) is 10.5. The summed E-state index contributed by atoms with van der Waals surface area (Å²) in [4.78, 5) is 15.2. The molecule has 0 spiro atoms. The van der Waals surface area contributed by atoms with E-state index in [1.54, 1.807) is 11.8 Å². The van der Waals surface area contributed by atoms with Crippen LogP contribution in [0.4, 0.5) is 0 Å². The van der Waals surface area contributed by atoms with E-state index in [2.05, 4.69) is 0 Å². The highest BCUT2D eigenvalue weighted by molar-refractivity contribution is 8.23. The zero-order chi connectivity index (χ0) is 10.7. The molecule has 0 aromatic rings. The van der Waals surface area contributed by atoms with Gasteiger partial charge in [0.1, 0.15) is 4.32 Å². The number of carbonyl (C=O) groups excluding carboxylic acids is 1. The Morgan fingerprint density at radius 3 is 2.71 bits per heavy atom. The van der Waals surface area contributed by atoms with Crippen LogP contribution in [-0.4, -0.2) is 46.0 Å². The molecule has 1 amide bonds. The van der Waals surface area contributed by atoms with Crippen molar-refractivity contribution < 1.29 is 4.79 Å². The summed E-state index contributed by atoms with van der Waals surface area (Å²) in [6.45, 7) is 2.91. The van der Waals surface area contributed by atoms with Crippen molar-refractivity contribution in [1.82, 2.24) is 9.80 Å². The largest absolute Gasteiger partial charge is 0.364 e. The monoisotopic (exact) mass is 232 g/mol. The number of amides is 1. The van der Waals surface area contributed by atoms with E-state index < -0.39 is 0 Å². The Hall–Kier alpha value is -0.290. The Balaban J connectivity index is 2.45. The number of rotatable bonds is 2. The van der Waals surface area contributed by atoms with E-state index in [-0.39, 0.29) is 11.3 Å². The number of nitrogens with zero attached hydrogens (tertiary/aromatic N) is 2. The van der Waals surface area contributed by atoms with Gasteiger partial charge in [0, 0.05) is 27.1 Å². The Kier molecular flexibility index (Phi) is 4.19. The van der Waals surface area contributed by atoms with Crippen molar-refractivity contribution in [2.75, 3.05) is 20.6 Å². The number of thiocarbonyl (C=S) groups is 1. The molecule has 1 saturated heterocycles. The first-order chi connectivity index (χ1) is 6.52. The van der Waals surface area contributed by atoms with Gasteiger partial charge in [-0.2, -0.15) is 0 Å². The van der Waals surface area contributed by atoms with Crippen LogP contribution in [-0.2, 0) is 4.79 Å². The third kappa shape index (κ3) is 2.85. The highest BCUT2D eigenvalue weighted by Crippen LogP contribution is 2.23. The van der Waals surface area contributed by atoms with E-state index in [0.717, 1.165) is 17.3 Å². The van der Waals surface area contributed by atoms with Crippen molar-refractivity contribution >= 4 is 34.2 Å². The number of hydrogen-bond acceptors (Lipinski definition) is 3. The molecule has 1 fully saturated rings. The van der Waals surface area contributed by atoms with Gasteiger partial charge in [0.25, 0.3) is 0 Å². The molecule has 0 saturated carbocycles. The van der Waals surface area contributed by atoms with E-state index in [1.165, 1.54) is 0 Å². The van der Waals surface area contributed by atoms with Crippen molar-refractivity contribution in [3.05, 3.63) is 0 Å². The zero-order valence-electron chi connectivity index (χ0n) is 8.82. The molecule has 0 radical (unpaired) electrons. The second-order valence-corrected chi connectivity index (χ2v) is 5.52. The molecular formula is C9H16N2OS2. The quantitative estimate of drug-likeness (QED) is 0.674. The van der Waals surface area contributed by atoms with E-state index in [1.807, 2.05) is 30.8 Å². The van der Waals surface area contributed by atoms with Crippen molar-refractivity contribution in [2.45, 2.75) is 25.1 Å². The second-order valence-electron chi connectivity index (χ2n) is 3.57. The first kappa shape index (κ1) is 11.8. The van der Waals surface area contributed by atoms with Gasteiger partial charge in [-0.05, 0) is 13.3 Å². The number of likely N-dealkylation sites (tertiary alicyclic amines) is 1. The van der Waals surface area contributed by atoms with Crippen molar-refractivity contribution in [2.24, 2.45) is 0 Å². The third-order valence-electron chi connectivity index (χ3n) is 2.19. The fraction of sp³-hybridized carbons (Fsp3) is 0.778. The van der Waals surface area contributed by atoms with Crippen molar-refractivity contribution in [3.63, 3.8) is 0 Å². The van der Waals surface area contributed by atoms with E-state index in [9.17, 15) is 4.79 Å². The molecule has 1 heterocycles. The number of carbonyl (C=O) groups is 1. The molecule has 0 unspecified atom stereocenters. The maximum Gasteiger partial charge on any atom is 0.223 e. The molecular weight excluding hydrogens is 216 g/mol. The van der Waals surface area contributed by atoms with Gasteiger partial charge in [-0.25, -0.2) is 0 Å². The van der Waals surface area contributed by atoms with Crippen LogP contribution in [0.3, 0.4) is 0 Å². The molecule has 1 aliphatic heterocycles. The first-order valence-electron chi connectivity index (χ1n) is 4.70. The Bertz CT molecular complexity index is 243. The van der Waals surface area contributed by atoms with Gasteiger partial charge in [0.15, 0.2) is 0 Å². The van der Waals surface area contributed by atoms with Gasteiger partial charge < -0.3 is 9.80 Å². The van der Waals surface area contributed by atoms with Gasteiger partial charge in [-0.15, -0.1) is 0 Å². The highest BCUT2D eigenvalue weighted by atomic mass is 32.2. The van der Waals surface area contributed by atoms with Crippen LogP contribution in [0.5, 0.6) is 0 Å². The van der Waals surface area contributed by atoms with Crippen LogP contribution in [0.25, 0.3) is 0 Å². The van der Waals surface area contributed by atoms with Gasteiger partial charge >= 0.3 is 0 Å². The van der Waals surface area contributed by atoms with Gasteiger partial charge in [0.05, 0.1) is 5.37 Å². The second kappa shape index (κ2) is 4.98. The third-order valence-corrected chi connectivity index (χ3v) is 4.00. The molecule has 0 aliphatic carbocycles. The smallest absolute Gasteiger partial charge is 0.223 e. The SMILES string of the molecule is C[C@@H](SC(=S)N(C)C)N1CCCC1=O. The molecule has 0 N–H and O–H groups in total. The fourth-order valence-electron chi connectivity index (χ4n) is 1.37. The molecule has 1 rings (SSSR count). The van der Waals surface area contributed by atoms with E-state index >= 15 is 0 Å². The predicted octanol–water partition coefficient (Wildman–Crippen LogP) is 1.53. The molecule has 5 heteroatoms. The van der Waals surface area contributed by atoms with Crippen LogP contribution in [0, 0.1) is 0 Å². The van der Waals surface area contributed by atoms with Crippen LogP contribution in [0.1, 0.15) is 19.8 Å².